The Hall–Kier alpha value is -3.45. The fourth-order valence-electron chi connectivity index (χ4n) is 2.73. The molecule has 0 saturated heterocycles. The van der Waals surface area contributed by atoms with E-state index >= 15 is 0 Å². The smallest absolute Gasteiger partial charge is 0.323 e. The van der Waals surface area contributed by atoms with Gasteiger partial charge in [0.25, 0.3) is 5.91 Å². The average Bonchev–Trinajstić information content (AvgIpc) is 2.70. The molecule has 0 aliphatic carbocycles. The van der Waals surface area contributed by atoms with Gasteiger partial charge >= 0.3 is 6.03 Å². The Morgan fingerprint density at radius 1 is 1.21 bits per heavy atom. The molecule has 0 bridgehead atoms. The SMILES string of the molecule is C=C1NC(=O)NC(C(=O)N[C@H](C)COc2ccc(-c3ccccc3)cc2Cl)=C1N. The molecule has 5 N–H and O–H groups in total. The van der Waals surface area contributed by atoms with Gasteiger partial charge in [-0.05, 0) is 30.2 Å². The van der Waals surface area contributed by atoms with E-state index in [0.717, 1.165) is 11.1 Å². The number of hydrogen-bond acceptors (Lipinski definition) is 4. The van der Waals surface area contributed by atoms with Gasteiger partial charge in [-0.3, -0.25) is 4.79 Å². The van der Waals surface area contributed by atoms with E-state index in [1.165, 1.54) is 0 Å². The highest BCUT2D eigenvalue weighted by molar-refractivity contribution is 6.32. The monoisotopic (exact) mass is 412 g/mol. The lowest BCUT2D eigenvalue weighted by Gasteiger charge is -2.22. The van der Waals surface area contributed by atoms with Crippen molar-refractivity contribution in [2.75, 3.05) is 6.61 Å². The Morgan fingerprint density at radius 2 is 1.93 bits per heavy atom. The molecule has 0 fully saturated rings. The zero-order chi connectivity index (χ0) is 21.0. The van der Waals surface area contributed by atoms with Crippen LogP contribution in [0.1, 0.15) is 6.92 Å². The third-order valence-electron chi connectivity index (χ3n) is 4.23. The van der Waals surface area contributed by atoms with Crippen LogP contribution in [0.15, 0.2) is 72.2 Å². The van der Waals surface area contributed by atoms with Crippen molar-refractivity contribution in [3.05, 3.63) is 77.2 Å². The Kier molecular flexibility index (Phi) is 6.09. The maximum absolute atomic E-state index is 12.4. The van der Waals surface area contributed by atoms with Crippen molar-refractivity contribution in [1.29, 1.82) is 0 Å². The Labute approximate surface area is 173 Å². The summed E-state index contributed by atoms with van der Waals surface area (Å²) < 4.78 is 5.74. The Balaban J connectivity index is 1.60. The largest absolute Gasteiger partial charge is 0.490 e. The highest BCUT2D eigenvalue weighted by Gasteiger charge is 2.24. The second-order valence-corrected chi connectivity index (χ2v) is 6.95. The van der Waals surface area contributed by atoms with E-state index in [-0.39, 0.29) is 29.7 Å². The number of hydrogen-bond donors (Lipinski definition) is 4. The molecule has 2 aromatic carbocycles. The topological polar surface area (TPSA) is 105 Å². The van der Waals surface area contributed by atoms with Gasteiger partial charge in [0.1, 0.15) is 18.1 Å². The number of carbonyl (C=O) groups is 2. The van der Waals surface area contributed by atoms with E-state index in [4.69, 9.17) is 22.1 Å². The van der Waals surface area contributed by atoms with Gasteiger partial charge in [-0.25, -0.2) is 4.79 Å². The van der Waals surface area contributed by atoms with Gasteiger partial charge in [-0.15, -0.1) is 0 Å². The van der Waals surface area contributed by atoms with E-state index in [9.17, 15) is 9.59 Å². The molecule has 0 unspecified atom stereocenters. The van der Waals surface area contributed by atoms with Crippen LogP contribution in [-0.4, -0.2) is 24.6 Å². The summed E-state index contributed by atoms with van der Waals surface area (Å²) in [5, 5.41) is 7.96. The van der Waals surface area contributed by atoms with E-state index in [0.29, 0.717) is 10.8 Å². The predicted molar refractivity (Wildman–Crippen MR) is 112 cm³/mol. The summed E-state index contributed by atoms with van der Waals surface area (Å²) in [5.41, 5.74) is 8.04. The van der Waals surface area contributed by atoms with Crippen LogP contribution >= 0.6 is 11.6 Å². The number of benzene rings is 2. The van der Waals surface area contributed by atoms with Crippen LogP contribution in [0.25, 0.3) is 11.1 Å². The van der Waals surface area contributed by atoms with Crippen molar-refractivity contribution in [3.63, 3.8) is 0 Å². The third kappa shape index (κ3) is 4.89. The van der Waals surface area contributed by atoms with Crippen LogP contribution in [-0.2, 0) is 4.79 Å². The Bertz CT molecular complexity index is 989. The zero-order valence-corrected chi connectivity index (χ0v) is 16.5. The van der Waals surface area contributed by atoms with Crippen molar-refractivity contribution in [2.45, 2.75) is 13.0 Å². The van der Waals surface area contributed by atoms with E-state index < -0.39 is 11.9 Å². The van der Waals surface area contributed by atoms with Gasteiger partial charge in [0, 0.05) is 0 Å². The second kappa shape index (κ2) is 8.70. The van der Waals surface area contributed by atoms with Crippen molar-refractivity contribution in [1.82, 2.24) is 16.0 Å². The third-order valence-corrected chi connectivity index (χ3v) is 4.53. The number of halogens is 1. The van der Waals surface area contributed by atoms with E-state index in [1.807, 2.05) is 42.5 Å². The van der Waals surface area contributed by atoms with Crippen molar-refractivity contribution >= 4 is 23.5 Å². The molecule has 8 heteroatoms. The van der Waals surface area contributed by atoms with Crippen LogP contribution in [0.5, 0.6) is 5.75 Å². The highest BCUT2D eigenvalue weighted by Crippen LogP contribution is 2.30. The number of ether oxygens (including phenoxy) is 1. The molecule has 150 valence electrons. The summed E-state index contributed by atoms with van der Waals surface area (Å²) >= 11 is 6.34. The lowest BCUT2D eigenvalue weighted by molar-refractivity contribution is -0.118. The lowest BCUT2D eigenvalue weighted by atomic mass is 10.1. The molecule has 3 rings (SSSR count). The number of amides is 3. The minimum absolute atomic E-state index is 0.0455. The molecular formula is C21H21ClN4O3. The first-order chi connectivity index (χ1) is 13.8. The predicted octanol–water partition coefficient (Wildman–Crippen LogP) is 2.89. The molecule has 3 amide bonds. The molecule has 0 aromatic heterocycles. The fourth-order valence-corrected chi connectivity index (χ4v) is 2.96. The van der Waals surface area contributed by atoms with Gasteiger partial charge < -0.3 is 26.4 Å². The fraction of sp³-hybridized carbons (Fsp3) is 0.143. The molecule has 29 heavy (non-hydrogen) atoms. The van der Waals surface area contributed by atoms with Crippen LogP contribution in [0, 0.1) is 0 Å². The summed E-state index contributed by atoms with van der Waals surface area (Å²) in [5.74, 6) is -0.0187. The first kappa shape index (κ1) is 20.3. The maximum Gasteiger partial charge on any atom is 0.323 e. The van der Waals surface area contributed by atoms with Gasteiger partial charge in [0.2, 0.25) is 0 Å². The molecule has 0 spiro atoms. The van der Waals surface area contributed by atoms with Crippen LogP contribution in [0.2, 0.25) is 5.02 Å². The summed E-state index contributed by atoms with van der Waals surface area (Å²) in [6.45, 7) is 5.54. The second-order valence-electron chi connectivity index (χ2n) is 6.54. The minimum atomic E-state index is -0.566. The average molecular weight is 413 g/mol. The first-order valence-electron chi connectivity index (χ1n) is 8.91. The van der Waals surface area contributed by atoms with Crippen LogP contribution in [0.3, 0.4) is 0 Å². The van der Waals surface area contributed by atoms with Crippen LogP contribution in [0.4, 0.5) is 4.79 Å². The summed E-state index contributed by atoms with van der Waals surface area (Å²) in [6.07, 6.45) is 0. The summed E-state index contributed by atoms with van der Waals surface area (Å²) in [7, 11) is 0. The molecule has 0 saturated carbocycles. The zero-order valence-electron chi connectivity index (χ0n) is 15.8. The van der Waals surface area contributed by atoms with Gasteiger partial charge in [-0.1, -0.05) is 54.6 Å². The lowest BCUT2D eigenvalue weighted by Crippen LogP contribution is -2.49. The van der Waals surface area contributed by atoms with Crippen molar-refractivity contribution in [2.24, 2.45) is 5.73 Å². The van der Waals surface area contributed by atoms with E-state index in [1.54, 1.807) is 13.0 Å². The van der Waals surface area contributed by atoms with Gasteiger partial charge in [0.15, 0.2) is 0 Å². The number of nitrogens with two attached hydrogens (primary N) is 1. The molecule has 1 aliphatic heterocycles. The molecule has 7 nitrogen and oxygen atoms in total. The number of carbonyl (C=O) groups excluding carboxylic acids is 2. The molecule has 1 aliphatic rings. The van der Waals surface area contributed by atoms with Crippen molar-refractivity contribution < 1.29 is 14.3 Å². The van der Waals surface area contributed by atoms with Gasteiger partial charge in [-0.2, -0.15) is 0 Å². The first-order valence-corrected chi connectivity index (χ1v) is 9.28. The maximum atomic E-state index is 12.4. The molecule has 1 atom stereocenters. The standard InChI is InChI=1S/C21H21ClN4O3/c1-12(24-20(27)19-18(23)13(2)25-21(28)26-19)11-29-17-9-8-15(10-16(17)22)14-6-4-3-5-7-14/h3-10,12H,2,11,23H2,1H3,(H,24,27)(H2,25,26,28)/t12-/m1/s1. The molecular weight excluding hydrogens is 392 g/mol. The number of rotatable bonds is 6. The Morgan fingerprint density at radius 3 is 2.62 bits per heavy atom. The van der Waals surface area contributed by atoms with E-state index in [2.05, 4.69) is 22.5 Å². The number of nitrogens with one attached hydrogen (secondary N) is 3. The van der Waals surface area contributed by atoms with Gasteiger partial charge in [0.05, 0.1) is 22.5 Å². The highest BCUT2D eigenvalue weighted by atomic mass is 35.5. The number of urea groups is 1. The minimum Gasteiger partial charge on any atom is -0.490 e. The normalized spacial score (nSPS) is 14.7. The molecule has 1 heterocycles. The summed E-state index contributed by atoms with van der Waals surface area (Å²) in [6, 6.07) is 14.5. The molecule has 2 aromatic rings. The quantitative estimate of drug-likeness (QED) is 0.585. The van der Waals surface area contributed by atoms with Crippen molar-refractivity contribution in [3.8, 4) is 16.9 Å². The molecule has 0 radical (unpaired) electrons. The van der Waals surface area contributed by atoms with Crippen LogP contribution < -0.4 is 26.4 Å². The summed E-state index contributed by atoms with van der Waals surface area (Å²) in [4.78, 5) is 23.9.